The highest BCUT2D eigenvalue weighted by molar-refractivity contribution is 5.99. The number of piperidine rings is 1. The van der Waals surface area contributed by atoms with Crippen molar-refractivity contribution in [2.24, 2.45) is 5.73 Å². The molecule has 5 heteroatoms. The molecule has 1 atom stereocenters. The molecular weight excluding hydrogens is 288 g/mol. The molecule has 1 aliphatic rings. The average Bonchev–Trinajstić information content (AvgIpc) is 2.84. The second-order valence-electron chi connectivity index (χ2n) is 5.44. The van der Waals surface area contributed by atoms with Crippen LogP contribution in [-0.2, 0) is 0 Å². The van der Waals surface area contributed by atoms with E-state index in [1.54, 1.807) is 0 Å². The number of aryl methyl sites for hydroxylation is 1. The summed E-state index contributed by atoms with van der Waals surface area (Å²) >= 11 is 0. The van der Waals surface area contributed by atoms with Crippen LogP contribution in [0.2, 0.25) is 0 Å². The standard InChI is InChI=1S/C16H20N2O2.ClH/c1-11-13-7-2-3-8-14(13)20-15(11)16(19)18-9-5-4-6-12(18)10-17;/h2-3,7-8,12H,4-6,9-10,17H2,1H3;1H. The molecule has 1 unspecified atom stereocenters. The number of likely N-dealkylation sites (tertiary alicyclic amines) is 1. The zero-order chi connectivity index (χ0) is 14.1. The highest BCUT2D eigenvalue weighted by atomic mass is 35.5. The molecule has 3 rings (SSSR count). The fourth-order valence-electron chi connectivity index (χ4n) is 3.02. The number of para-hydroxylation sites is 1. The number of rotatable bonds is 2. The Kier molecular flexibility index (Phi) is 4.91. The van der Waals surface area contributed by atoms with Crippen LogP contribution in [-0.4, -0.2) is 29.9 Å². The molecule has 1 saturated heterocycles. The largest absolute Gasteiger partial charge is 0.451 e. The summed E-state index contributed by atoms with van der Waals surface area (Å²) in [5, 5.41) is 1.01. The first kappa shape index (κ1) is 15.9. The Hall–Kier alpha value is -1.52. The van der Waals surface area contributed by atoms with Crippen LogP contribution < -0.4 is 5.73 Å². The molecule has 0 aliphatic carbocycles. The highest BCUT2D eigenvalue weighted by Crippen LogP contribution is 2.27. The lowest BCUT2D eigenvalue weighted by atomic mass is 10.0. The van der Waals surface area contributed by atoms with E-state index in [4.69, 9.17) is 10.2 Å². The second-order valence-corrected chi connectivity index (χ2v) is 5.44. The molecule has 21 heavy (non-hydrogen) atoms. The average molecular weight is 309 g/mol. The first-order valence-electron chi connectivity index (χ1n) is 7.21. The molecule has 114 valence electrons. The molecule has 1 aromatic carbocycles. The lowest BCUT2D eigenvalue weighted by molar-refractivity contribution is 0.0592. The molecule has 2 N–H and O–H groups in total. The summed E-state index contributed by atoms with van der Waals surface area (Å²) in [5.41, 5.74) is 7.49. The third-order valence-corrected chi connectivity index (χ3v) is 4.20. The Bertz CT molecular complexity index is 638. The molecule has 0 spiro atoms. The van der Waals surface area contributed by atoms with Gasteiger partial charge in [0.25, 0.3) is 5.91 Å². The van der Waals surface area contributed by atoms with Crippen LogP contribution in [0.4, 0.5) is 0 Å². The Morgan fingerprint density at radius 1 is 1.38 bits per heavy atom. The van der Waals surface area contributed by atoms with Crippen LogP contribution in [0, 0.1) is 6.92 Å². The van der Waals surface area contributed by atoms with Crippen molar-refractivity contribution in [1.82, 2.24) is 4.90 Å². The van der Waals surface area contributed by atoms with Gasteiger partial charge in [0.2, 0.25) is 0 Å². The number of nitrogens with zero attached hydrogens (tertiary/aromatic N) is 1. The van der Waals surface area contributed by atoms with Crippen molar-refractivity contribution in [3.63, 3.8) is 0 Å². The molecule has 1 aliphatic heterocycles. The molecule has 0 bridgehead atoms. The van der Waals surface area contributed by atoms with Gasteiger partial charge in [-0.1, -0.05) is 18.2 Å². The number of halogens is 1. The first-order chi connectivity index (χ1) is 9.72. The summed E-state index contributed by atoms with van der Waals surface area (Å²) in [6.07, 6.45) is 3.17. The molecule has 2 aromatic rings. The number of nitrogens with two attached hydrogens (primary N) is 1. The summed E-state index contributed by atoms with van der Waals surface area (Å²) in [7, 11) is 0. The number of furan rings is 1. The Balaban J connectivity index is 0.00000161. The number of hydrogen-bond acceptors (Lipinski definition) is 3. The Morgan fingerprint density at radius 2 is 2.14 bits per heavy atom. The van der Waals surface area contributed by atoms with Crippen LogP contribution >= 0.6 is 12.4 Å². The number of fused-ring (bicyclic) bond motifs is 1. The van der Waals surface area contributed by atoms with Crippen molar-refractivity contribution in [3.8, 4) is 0 Å². The van der Waals surface area contributed by atoms with E-state index in [1.165, 1.54) is 0 Å². The van der Waals surface area contributed by atoms with Gasteiger partial charge in [-0.2, -0.15) is 0 Å². The number of carbonyl (C=O) groups is 1. The lowest BCUT2D eigenvalue weighted by Crippen LogP contribution is -2.47. The van der Waals surface area contributed by atoms with Gasteiger partial charge < -0.3 is 15.1 Å². The minimum Gasteiger partial charge on any atom is -0.451 e. The summed E-state index contributed by atoms with van der Waals surface area (Å²) in [5.74, 6) is 0.445. The van der Waals surface area contributed by atoms with Crippen LogP contribution in [0.1, 0.15) is 35.4 Å². The smallest absolute Gasteiger partial charge is 0.290 e. The fourth-order valence-corrected chi connectivity index (χ4v) is 3.02. The van der Waals surface area contributed by atoms with Crippen molar-refractivity contribution in [3.05, 3.63) is 35.6 Å². The maximum atomic E-state index is 12.7. The van der Waals surface area contributed by atoms with E-state index in [0.717, 1.165) is 42.3 Å². The van der Waals surface area contributed by atoms with E-state index in [2.05, 4.69) is 0 Å². The van der Waals surface area contributed by atoms with E-state index in [1.807, 2.05) is 36.1 Å². The van der Waals surface area contributed by atoms with Crippen LogP contribution in [0.25, 0.3) is 11.0 Å². The van der Waals surface area contributed by atoms with Gasteiger partial charge in [-0.25, -0.2) is 0 Å². The topological polar surface area (TPSA) is 59.5 Å². The molecule has 1 amide bonds. The summed E-state index contributed by atoms with van der Waals surface area (Å²) in [4.78, 5) is 14.6. The maximum Gasteiger partial charge on any atom is 0.290 e. The molecule has 4 nitrogen and oxygen atoms in total. The fraction of sp³-hybridized carbons (Fsp3) is 0.438. The number of hydrogen-bond donors (Lipinski definition) is 1. The normalized spacial score (nSPS) is 18.6. The summed E-state index contributed by atoms with van der Waals surface area (Å²) in [6, 6.07) is 7.91. The predicted molar refractivity (Wildman–Crippen MR) is 85.9 cm³/mol. The van der Waals surface area contributed by atoms with Crippen molar-refractivity contribution in [2.45, 2.75) is 32.2 Å². The summed E-state index contributed by atoms with van der Waals surface area (Å²) in [6.45, 7) is 3.24. The van der Waals surface area contributed by atoms with Crippen LogP contribution in [0.15, 0.2) is 28.7 Å². The molecule has 0 saturated carbocycles. The van der Waals surface area contributed by atoms with Gasteiger partial charge in [-0.3, -0.25) is 4.79 Å². The van der Waals surface area contributed by atoms with Gasteiger partial charge in [0.1, 0.15) is 5.58 Å². The Labute approximate surface area is 130 Å². The number of amides is 1. The van der Waals surface area contributed by atoms with Crippen molar-refractivity contribution < 1.29 is 9.21 Å². The summed E-state index contributed by atoms with van der Waals surface area (Å²) < 4.78 is 5.77. The number of benzene rings is 1. The van der Waals surface area contributed by atoms with Crippen molar-refractivity contribution in [2.75, 3.05) is 13.1 Å². The minimum atomic E-state index is -0.0196. The van der Waals surface area contributed by atoms with Gasteiger partial charge in [0, 0.05) is 30.1 Å². The highest BCUT2D eigenvalue weighted by Gasteiger charge is 2.29. The molecule has 0 radical (unpaired) electrons. The van der Waals surface area contributed by atoms with E-state index in [-0.39, 0.29) is 24.4 Å². The van der Waals surface area contributed by atoms with E-state index >= 15 is 0 Å². The van der Waals surface area contributed by atoms with E-state index in [9.17, 15) is 4.79 Å². The first-order valence-corrected chi connectivity index (χ1v) is 7.21. The maximum absolute atomic E-state index is 12.7. The monoisotopic (exact) mass is 308 g/mol. The van der Waals surface area contributed by atoms with Gasteiger partial charge >= 0.3 is 0 Å². The Morgan fingerprint density at radius 3 is 2.86 bits per heavy atom. The predicted octanol–water partition coefficient (Wildman–Crippen LogP) is 3.12. The van der Waals surface area contributed by atoms with Gasteiger partial charge in [0.15, 0.2) is 5.76 Å². The van der Waals surface area contributed by atoms with Gasteiger partial charge in [-0.05, 0) is 32.3 Å². The van der Waals surface area contributed by atoms with Gasteiger partial charge in [0.05, 0.1) is 0 Å². The SMILES string of the molecule is Cc1c(C(=O)N2CCCCC2CN)oc2ccccc12.Cl. The van der Waals surface area contributed by atoms with Crippen molar-refractivity contribution in [1.29, 1.82) is 0 Å². The second kappa shape index (κ2) is 6.50. The number of carbonyl (C=O) groups excluding carboxylic acids is 1. The quantitative estimate of drug-likeness (QED) is 0.927. The molecule has 2 heterocycles. The van der Waals surface area contributed by atoms with Crippen LogP contribution in [0.3, 0.4) is 0 Å². The lowest BCUT2D eigenvalue weighted by Gasteiger charge is -2.34. The molecular formula is C16H21ClN2O2. The third kappa shape index (κ3) is 2.78. The zero-order valence-electron chi connectivity index (χ0n) is 12.2. The van der Waals surface area contributed by atoms with Crippen LogP contribution in [0.5, 0.6) is 0 Å². The van der Waals surface area contributed by atoms with E-state index < -0.39 is 0 Å². The van der Waals surface area contributed by atoms with Crippen molar-refractivity contribution >= 4 is 29.3 Å². The molecule has 1 aromatic heterocycles. The minimum absolute atomic E-state index is 0. The third-order valence-electron chi connectivity index (χ3n) is 4.20. The van der Waals surface area contributed by atoms with Gasteiger partial charge in [-0.15, -0.1) is 12.4 Å². The zero-order valence-corrected chi connectivity index (χ0v) is 13.0. The van der Waals surface area contributed by atoms with E-state index in [0.29, 0.717) is 12.3 Å². The molecule has 1 fully saturated rings.